The van der Waals surface area contributed by atoms with Crippen molar-refractivity contribution in [1.29, 1.82) is 0 Å². The minimum absolute atomic E-state index is 0.219. The molecular formula is C15H20FN3O. The minimum atomic E-state index is -0.982. The van der Waals surface area contributed by atoms with E-state index >= 15 is 0 Å². The van der Waals surface area contributed by atoms with Crippen molar-refractivity contribution >= 4 is 11.9 Å². The average molecular weight is 277 g/mol. The second kappa shape index (κ2) is 5.23. The normalized spacial score (nSPS) is 24.1. The topological polar surface area (TPSA) is 53.5 Å². The minimum Gasteiger partial charge on any atom is -0.338 e. The van der Waals surface area contributed by atoms with E-state index in [1.807, 2.05) is 0 Å². The number of aliphatic imine (C=N–C) groups is 1. The number of hydrogen-bond acceptors (Lipinski definition) is 2. The van der Waals surface area contributed by atoms with E-state index in [9.17, 15) is 9.18 Å². The van der Waals surface area contributed by atoms with Crippen molar-refractivity contribution in [2.75, 3.05) is 6.54 Å². The number of carbonyl (C=O) groups is 1. The lowest BCUT2D eigenvalue weighted by molar-refractivity contribution is -0.123. The third-order valence-electron chi connectivity index (χ3n) is 3.42. The van der Waals surface area contributed by atoms with E-state index in [-0.39, 0.29) is 11.7 Å². The number of nitrogens with one attached hydrogen (secondary N) is 2. The summed E-state index contributed by atoms with van der Waals surface area (Å²) in [5, 5.41) is 5.77. The molecule has 0 bridgehead atoms. The van der Waals surface area contributed by atoms with Crippen LogP contribution >= 0.6 is 0 Å². The third kappa shape index (κ3) is 2.66. The van der Waals surface area contributed by atoms with Gasteiger partial charge in [0.05, 0.1) is 0 Å². The molecule has 1 aromatic carbocycles. The lowest BCUT2D eigenvalue weighted by Crippen LogP contribution is -2.40. The molecular weight excluding hydrogens is 257 g/mol. The SMILES string of the molecule is Cc1ccc(C2(C)NC(=NCC(C)C)NC2=O)cc1F. The number of halogens is 1. The van der Waals surface area contributed by atoms with Gasteiger partial charge < -0.3 is 5.32 Å². The monoisotopic (exact) mass is 277 g/mol. The molecule has 0 aromatic heterocycles. The summed E-state index contributed by atoms with van der Waals surface area (Å²) in [5.74, 6) is 0.325. The van der Waals surface area contributed by atoms with Gasteiger partial charge in [0.2, 0.25) is 0 Å². The molecule has 0 spiro atoms. The first kappa shape index (κ1) is 14.5. The largest absolute Gasteiger partial charge is 0.338 e. The van der Waals surface area contributed by atoms with Gasteiger partial charge in [-0.15, -0.1) is 0 Å². The molecule has 0 aliphatic carbocycles. The van der Waals surface area contributed by atoms with Crippen LogP contribution in [0.2, 0.25) is 0 Å². The molecule has 0 saturated carbocycles. The van der Waals surface area contributed by atoms with Crippen LogP contribution in [-0.4, -0.2) is 18.4 Å². The average Bonchev–Trinajstić information content (AvgIpc) is 2.67. The first-order valence-electron chi connectivity index (χ1n) is 6.73. The molecule has 1 fully saturated rings. The van der Waals surface area contributed by atoms with Crippen molar-refractivity contribution in [2.45, 2.75) is 33.2 Å². The molecule has 108 valence electrons. The van der Waals surface area contributed by atoms with Crippen molar-refractivity contribution in [3.63, 3.8) is 0 Å². The molecule has 1 atom stereocenters. The molecule has 1 unspecified atom stereocenters. The second-order valence-electron chi connectivity index (χ2n) is 5.75. The van der Waals surface area contributed by atoms with Crippen LogP contribution in [0.25, 0.3) is 0 Å². The highest BCUT2D eigenvalue weighted by atomic mass is 19.1. The van der Waals surface area contributed by atoms with Crippen LogP contribution in [0.3, 0.4) is 0 Å². The van der Waals surface area contributed by atoms with Crippen molar-refractivity contribution in [3.8, 4) is 0 Å². The Kier molecular flexibility index (Phi) is 3.79. The summed E-state index contributed by atoms with van der Waals surface area (Å²) >= 11 is 0. The smallest absolute Gasteiger partial charge is 0.256 e. The van der Waals surface area contributed by atoms with Crippen LogP contribution in [0, 0.1) is 18.7 Å². The Labute approximate surface area is 118 Å². The summed E-state index contributed by atoms with van der Waals surface area (Å²) in [7, 11) is 0. The van der Waals surface area contributed by atoms with Gasteiger partial charge in [0, 0.05) is 6.54 Å². The number of carbonyl (C=O) groups excluding carboxylic acids is 1. The summed E-state index contributed by atoms with van der Waals surface area (Å²) in [5.41, 5.74) is 0.168. The maximum absolute atomic E-state index is 13.7. The summed E-state index contributed by atoms with van der Waals surface area (Å²) in [4.78, 5) is 16.5. The van der Waals surface area contributed by atoms with Gasteiger partial charge in [-0.3, -0.25) is 15.1 Å². The molecule has 4 nitrogen and oxygen atoms in total. The Balaban J connectivity index is 2.28. The van der Waals surface area contributed by atoms with E-state index in [0.717, 1.165) is 0 Å². The van der Waals surface area contributed by atoms with Crippen molar-refractivity contribution in [1.82, 2.24) is 10.6 Å². The van der Waals surface area contributed by atoms with Gasteiger partial charge in [0.15, 0.2) is 5.96 Å². The molecule has 1 amide bonds. The van der Waals surface area contributed by atoms with Crippen LogP contribution in [0.15, 0.2) is 23.2 Å². The number of benzene rings is 1. The van der Waals surface area contributed by atoms with Gasteiger partial charge in [-0.05, 0) is 37.0 Å². The standard InChI is InChI=1S/C15H20FN3O/c1-9(2)8-17-14-18-13(20)15(4,19-14)11-6-5-10(3)12(16)7-11/h5-7,9H,8H2,1-4H3,(H2,17,18,19,20). The van der Waals surface area contributed by atoms with E-state index in [1.165, 1.54) is 6.07 Å². The number of hydrogen-bond donors (Lipinski definition) is 2. The number of rotatable bonds is 3. The Morgan fingerprint density at radius 1 is 1.40 bits per heavy atom. The number of nitrogens with zero attached hydrogens (tertiary/aromatic N) is 1. The van der Waals surface area contributed by atoms with E-state index in [1.54, 1.807) is 26.0 Å². The van der Waals surface area contributed by atoms with E-state index < -0.39 is 5.54 Å². The maximum Gasteiger partial charge on any atom is 0.256 e. The second-order valence-corrected chi connectivity index (χ2v) is 5.75. The number of aryl methyl sites for hydroxylation is 1. The van der Waals surface area contributed by atoms with Crippen LogP contribution in [0.5, 0.6) is 0 Å². The quantitative estimate of drug-likeness (QED) is 0.888. The lowest BCUT2D eigenvalue weighted by atomic mass is 9.91. The zero-order valence-corrected chi connectivity index (χ0v) is 12.2. The predicted molar refractivity (Wildman–Crippen MR) is 76.9 cm³/mol. The zero-order valence-electron chi connectivity index (χ0n) is 12.2. The number of guanidine groups is 1. The number of amides is 1. The summed E-state index contributed by atoms with van der Waals surface area (Å²) in [6.45, 7) is 8.15. The lowest BCUT2D eigenvalue weighted by Gasteiger charge is -2.22. The molecule has 1 aliphatic heterocycles. The van der Waals surface area contributed by atoms with Crippen LogP contribution in [-0.2, 0) is 10.3 Å². The van der Waals surface area contributed by atoms with E-state index in [2.05, 4.69) is 29.5 Å². The maximum atomic E-state index is 13.7. The Morgan fingerprint density at radius 3 is 2.70 bits per heavy atom. The highest BCUT2D eigenvalue weighted by molar-refractivity contribution is 6.09. The van der Waals surface area contributed by atoms with Crippen molar-refractivity contribution in [2.24, 2.45) is 10.9 Å². The van der Waals surface area contributed by atoms with E-state index in [0.29, 0.717) is 29.5 Å². The van der Waals surface area contributed by atoms with Gasteiger partial charge in [-0.25, -0.2) is 4.39 Å². The van der Waals surface area contributed by atoms with Crippen LogP contribution in [0.1, 0.15) is 31.9 Å². The van der Waals surface area contributed by atoms with Crippen LogP contribution in [0.4, 0.5) is 4.39 Å². The molecule has 1 aromatic rings. The summed E-state index contributed by atoms with van der Waals surface area (Å²) in [6, 6.07) is 4.83. The molecule has 2 N–H and O–H groups in total. The molecule has 20 heavy (non-hydrogen) atoms. The predicted octanol–water partition coefficient (Wildman–Crippen LogP) is 2.08. The Morgan fingerprint density at radius 2 is 2.10 bits per heavy atom. The molecule has 2 rings (SSSR count). The van der Waals surface area contributed by atoms with Crippen molar-refractivity contribution < 1.29 is 9.18 Å². The third-order valence-corrected chi connectivity index (χ3v) is 3.42. The molecule has 1 saturated heterocycles. The van der Waals surface area contributed by atoms with E-state index in [4.69, 9.17) is 0 Å². The fourth-order valence-corrected chi connectivity index (χ4v) is 2.02. The Bertz CT molecular complexity index is 568. The van der Waals surface area contributed by atoms with Gasteiger partial charge in [-0.1, -0.05) is 26.0 Å². The van der Waals surface area contributed by atoms with Crippen molar-refractivity contribution in [3.05, 3.63) is 35.1 Å². The van der Waals surface area contributed by atoms with Gasteiger partial charge in [0.25, 0.3) is 5.91 Å². The summed E-state index contributed by atoms with van der Waals surface area (Å²) in [6.07, 6.45) is 0. The highest BCUT2D eigenvalue weighted by Crippen LogP contribution is 2.25. The zero-order chi connectivity index (χ0) is 14.9. The molecule has 0 radical (unpaired) electrons. The molecule has 1 aliphatic rings. The van der Waals surface area contributed by atoms with Gasteiger partial charge in [-0.2, -0.15) is 0 Å². The first-order chi connectivity index (χ1) is 9.33. The fourth-order valence-electron chi connectivity index (χ4n) is 2.02. The summed E-state index contributed by atoms with van der Waals surface area (Å²) < 4.78 is 13.7. The van der Waals surface area contributed by atoms with Crippen LogP contribution < -0.4 is 10.6 Å². The van der Waals surface area contributed by atoms with Gasteiger partial charge in [0.1, 0.15) is 11.4 Å². The molecule has 1 heterocycles. The Hall–Kier alpha value is -1.91. The fraction of sp³-hybridized carbons (Fsp3) is 0.467. The van der Waals surface area contributed by atoms with Gasteiger partial charge >= 0.3 is 0 Å². The molecule has 5 heteroatoms. The highest BCUT2D eigenvalue weighted by Gasteiger charge is 2.42. The first-order valence-corrected chi connectivity index (χ1v) is 6.73.